The first-order valence-corrected chi connectivity index (χ1v) is 6.49. The second-order valence-electron chi connectivity index (χ2n) is 4.81. The van der Waals surface area contributed by atoms with Crippen LogP contribution in [0, 0.1) is 5.82 Å². The Hall–Kier alpha value is -2.83. The lowest BCUT2D eigenvalue weighted by Crippen LogP contribution is -2.16. The second-order valence-corrected chi connectivity index (χ2v) is 4.81. The Labute approximate surface area is 127 Å². The van der Waals surface area contributed by atoms with Crippen molar-refractivity contribution in [2.24, 2.45) is 0 Å². The highest BCUT2D eigenvalue weighted by molar-refractivity contribution is 5.99. The number of carbonyl (C=O) groups excluding carboxylic acids is 1. The van der Waals surface area contributed by atoms with Gasteiger partial charge < -0.3 is 9.72 Å². The van der Waals surface area contributed by atoms with Crippen molar-refractivity contribution in [3.63, 3.8) is 0 Å². The molecule has 0 unspecified atom stereocenters. The van der Waals surface area contributed by atoms with Gasteiger partial charge in [-0.05, 0) is 35.4 Å². The molecule has 118 valence electrons. The molecule has 0 fully saturated rings. The van der Waals surface area contributed by atoms with Gasteiger partial charge in [-0.1, -0.05) is 12.1 Å². The third-order valence-electron chi connectivity index (χ3n) is 3.32. The average Bonchev–Trinajstić information content (AvgIpc) is 2.90. The third-order valence-corrected chi connectivity index (χ3v) is 3.32. The van der Waals surface area contributed by atoms with E-state index in [9.17, 15) is 22.4 Å². The number of rotatable bonds is 3. The molecule has 0 aliphatic heterocycles. The molecular weight excluding hydrogens is 314 g/mol. The third kappa shape index (κ3) is 3.03. The lowest BCUT2D eigenvalue weighted by atomic mass is 10.0. The van der Waals surface area contributed by atoms with E-state index in [0.29, 0.717) is 28.4 Å². The number of carbonyl (C=O) groups is 1. The molecule has 0 radical (unpaired) electrons. The molecule has 1 aromatic heterocycles. The van der Waals surface area contributed by atoms with Gasteiger partial charge in [-0.3, -0.25) is 4.79 Å². The molecule has 3 aromatic rings. The van der Waals surface area contributed by atoms with Crippen molar-refractivity contribution in [2.45, 2.75) is 6.36 Å². The number of ether oxygens (including phenoxy) is 1. The van der Waals surface area contributed by atoms with Gasteiger partial charge in [-0.2, -0.15) is 0 Å². The molecule has 3 rings (SSSR count). The van der Waals surface area contributed by atoms with Gasteiger partial charge in [0, 0.05) is 17.1 Å². The molecule has 3 nitrogen and oxygen atoms in total. The number of H-pyrrole nitrogens is 1. The molecule has 0 saturated heterocycles. The van der Waals surface area contributed by atoms with Crippen molar-refractivity contribution in [1.29, 1.82) is 0 Å². The fraction of sp³-hybridized carbons (Fsp3) is 0.0625. The Morgan fingerprint density at radius 3 is 2.35 bits per heavy atom. The van der Waals surface area contributed by atoms with E-state index in [1.165, 1.54) is 24.4 Å². The van der Waals surface area contributed by atoms with Gasteiger partial charge in [-0.25, -0.2) is 4.39 Å². The molecule has 0 bridgehead atoms. The summed E-state index contributed by atoms with van der Waals surface area (Å²) in [6, 6.07) is 7.89. The summed E-state index contributed by atoms with van der Waals surface area (Å²) in [4.78, 5) is 13.6. The molecule has 0 atom stereocenters. The second kappa shape index (κ2) is 5.42. The number of alkyl halides is 3. The molecule has 23 heavy (non-hydrogen) atoms. The van der Waals surface area contributed by atoms with E-state index in [1.54, 1.807) is 6.07 Å². The van der Waals surface area contributed by atoms with E-state index in [1.807, 2.05) is 0 Å². The van der Waals surface area contributed by atoms with Gasteiger partial charge in [-0.15, -0.1) is 13.2 Å². The van der Waals surface area contributed by atoms with Crippen LogP contribution in [-0.2, 0) is 0 Å². The van der Waals surface area contributed by atoms with Crippen LogP contribution in [0.5, 0.6) is 5.75 Å². The van der Waals surface area contributed by atoms with Gasteiger partial charge in [0.15, 0.2) is 6.29 Å². The van der Waals surface area contributed by atoms with E-state index < -0.39 is 12.2 Å². The van der Waals surface area contributed by atoms with Crippen LogP contribution < -0.4 is 4.74 Å². The standard InChI is InChI=1S/C16H9F4NO2/c17-14-6-10(5-13-11(8-22)7-21-15(13)14)9-1-3-12(4-2-9)23-16(18,19)20/h1-8,21H. The summed E-state index contributed by atoms with van der Waals surface area (Å²) in [6.45, 7) is 0. The maximum absolute atomic E-state index is 14.1. The van der Waals surface area contributed by atoms with Gasteiger partial charge >= 0.3 is 6.36 Å². The van der Waals surface area contributed by atoms with E-state index >= 15 is 0 Å². The van der Waals surface area contributed by atoms with Crippen molar-refractivity contribution >= 4 is 17.2 Å². The van der Waals surface area contributed by atoms with Crippen LogP contribution >= 0.6 is 0 Å². The first-order valence-electron chi connectivity index (χ1n) is 6.49. The maximum Gasteiger partial charge on any atom is 0.573 e. The van der Waals surface area contributed by atoms with Gasteiger partial charge in [0.25, 0.3) is 0 Å². The maximum atomic E-state index is 14.1. The first-order chi connectivity index (χ1) is 10.9. The van der Waals surface area contributed by atoms with E-state index in [-0.39, 0.29) is 11.3 Å². The first kappa shape index (κ1) is 15.1. The Kier molecular flexibility index (Phi) is 3.55. The number of nitrogens with one attached hydrogen (secondary N) is 1. The minimum atomic E-state index is -4.77. The van der Waals surface area contributed by atoms with E-state index in [0.717, 1.165) is 12.1 Å². The highest BCUT2D eigenvalue weighted by Gasteiger charge is 2.30. The minimum Gasteiger partial charge on any atom is -0.406 e. The molecule has 0 amide bonds. The lowest BCUT2D eigenvalue weighted by molar-refractivity contribution is -0.274. The number of hydrogen-bond donors (Lipinski definition) is 1. The zero-order valence-corrected chi connectivity index (χ0v) is 11.4. The van der Waals surface area contributed by atoms with Crippen molar-refractivity contribution in [3.05, 3.63) is 54.0 Å². The van der Waals surface area contributed by atoms with Crippen LogP contribution in [0.25, 0.3) is 22.0 Å². The molecule has 0 aliphatic rings. The number of aromatic nitrogens is 1. The van der Waals surface area contributed by atoms with E-state index in [4.69, 9.17) is 0 Å². The largest absolute Gasteiger partial charge is 0.573 e. The van der Waals surface area contributed by atoms with Crippen LogP contribution in [0.4, 0.5) is 17.6 Å². The van der Waals surface area contributed by atoms with Crippen molar-refractivity contribution < 1.29 is 27.1 Å². The molecule has 7 heteroatoms. The normalized spacial score (nSPS) is 11.7. The fourth-order valence-electron chi connectivity index (χ4n) is 2.32. The molecule has 1 heterocycles. The van der Waals surface area contributed by atoms with Crippen LogP contribution in [-0.4, -0.2) is 17.6 Å². The summed E-state index contributed by atoms with van der Waals surface area (Å²) in [5, 5.41) is 0.408. The zero-order valence-electron chi connectivity index (χ0n) is 11.4. The fourth-order valence-corrected chi connectivity index (χ4v) is 2.32. The predicted molar refractivity (Wildman–Crippen MR) is 75.8 cm³/mol. The highest BCUT2D eigenvalue weighted by atomic mass is 19.4. The molecule has 1 N–H and O–H groups in total. The summed E-state index contributed by atoms with van der Waals surface area (Å²) in [5.41, 5.74) is 1.44. The number of aromatic amines is 1. The SMILES string of the molecule is O=Cc1c[nH]c2c(F)cc(-c3ccc(OC(F)(F)F)cc3)cc12. The van der Waals surface area contributed by atoms with Gasteiger partial charge in [0.2, 0.25) is 0 Å². The monoisotopic (exact) mass is 323 g/mol. The van der Waals surface area contributed by atoms with Gasteiger partial charge in [0.05, 0.1) is 5.52 Å². The quantitative estimate of drug-likeness (QED) is 0.561. The summed E-state index contributed by atoms with van der Waals surface area (Å²) in [6.07, 6.45) is -2.77. The number of halogens is 4. The number of fused-ring (bicyclic) bond motifs is 1. The summed E-state index contributed by atoms with van der Waals surface area (Å²) in [7, 11) is 0. The Morgan fingerprint density at radius 1 is 1.04 bits per heavy atom. The number of aldehydes is 1. The summed E-state index contributed by atoms with van der Waals surface area (Å²) >= 11 is 0. The van der Waals surface area contributed by atoms with Crippen LogP contribution in [0.1, 0.15) is 10.4 Å². The Morgan fingerprint density at radius 2 is 1.74 bits per heavy atom. The molecule has 0 aliphatic carbocycles. The van der Waals surface area contributed by atoms with Crippen LogP contribution in [0.3, 0.4) is 0 Å². The lowest BCUT2D eigenvalue weighted by Gasteiger charge is -2.09. The topological polar surface area (TPSA) is 42.1 Å². The number of benzene rings is 2. The van der Waals surface area contributed by atoms with Gasteiger partial charge in [0.1, 0.15) is 11.6 Å². The molecule has 0 saturated carbocycles. The summed E-state index contributed by atoms with van der Waals surface area (Å²) < 4.78 is 54.2. The molecular formula is C16H9F4NO2. The van der Waals surface area contributed by atoms with Crippen molar-refractivity contribution in [2.75, 3.05) is 0 Å². The van der Waals surface area contributed by atoms with Crippen molar-refractivity contribution in [3.8, 4) is 16.9 Å². The molecule has 2 aromatic carbocycles. The van der Waals surface area contributed by atoms with Crippen molar-refractivity contribution in [1.82, 2.24) is 4.98 Å². The number of hydrogen-bond acceptors (Lipinski definition) is 2. The average molecular weight is 323 g/mol. The molecule has 0 spiro atoms. The smallest absolute Gasteiger partial charge is 0.406 e. The highest BCUT2D eigenvalue weighted by Crippen LogP contribution is 2.30. The summed E-state index contributed by atoms with van der Waals surface area (Å²) in [5.74, 6) is -0.917. The Balaban J connectivity index is 2.01. The van der Waals surface area contributed by atoms with Crippen LogP contribution in [0.15, 0.2) is 42.6 Å². The van der Waals surface area contributed by atoms with Crippen LogP contribution in [0.2, 0.25) is 0 Å². The Bertz CT molecular complexity index is 866. The minimum absolute atomic E-state index is 0.202. The predicted octanol–water partition coefficient (Wildman–Crippen LogP) is 4.69. The van der Waals surface area contributed by atoms with E-state index in [2.05, 4.69) is 9.72 Å². The zero-order chi connectivity index (χ0) is 16.6.